The van der Waals surface area contributed by atoms with Gasteiger partial charge in [-0.05, 0) is 31.2 Å². The number of hydrogen-bond donors (Lipinski definition) is 3. The Morgan fingerprint density at radius 2 is 1.71 bits per heavy atom. The summed E-state index contributed by atoms with van der Waals surface area (Å²) in [5.41, 5.74) is 0.365. The van der Waals surface area contributed by atoms with Crippen LogP contribution >= 0.6 is 0 Å². The van der Waals surface area contributed by atoms with Gasteiger partial charge in [0.25, 0.3) is 5.91 Å². The molecule has 9 nitrogen and oxygen atoms in total. The molecule has 1 rings (SSSR count). The molecule has 0 aliphatic rings. The zero-order chi connectivity index (χ0) is 21.5. The number of ether oxygens (including phenoxy) is 1. The maximum absolute atomic E-state index is 12.2. The van der Waals surface area contributed by atoms with Crippen LogP contribution in [0.2, 0.25) is 0 Å². The lowest BCUT2D eigenvalue weighted by atomic mass is 10.3. The lowest BCUT2D eigenvalue weighted by Crippen LogP contribution is -2.41. The minimum Gasteiger partial charge on any atom is -0.454 e. The summed E-state index contributed by atoms with van der Waals surface area (Å²) < 4.78 is 66.8. The Kier molecular flexibility index (Phi) is 7.93. The number of sulfonamides is 1. The Morgan fingerprint density at radius 3 is 2.21 bits per heavy atom. The number of alkyl halides is 3. The zero-order valence-corrected chi connectivity index (χ0v) is 15.6. The van der Waals surface area contributed by atoms with Gasteiger partial charge in [0.05, 0.1) is 4.90 Å². The summed E-state index contributed by atoms with van der Waals surface area (Å²) in [5, 5.41) is 3.95. The van der Waals surface area contributed by atoms with E-state index in [1.54, 1.807) is 0 Å². The van der Waals surface area contributed by atoms with Gasteiger partial charge < -0.3 is 15.4 Å². The number of carbonyl (C=O) groups is 3. The van der Waals surface area contributed by atoms with Crippen LogP contribution in [0, 0.1) is 0 Å². The van der Waals surface area contributed by atoms with E-state index in [1.165, 1.54) is 36.5 Å². The zero-order valence-electron chi connectivity index (χ0n) is 14.8. The molecule has 156 valence electrons. The molecule has 0 aliphatic heterocycles. The standard InChI is InChI=1S/C15H18F3N3O6S/c1-9(14(24)27-7-13(23)19-8-15(16,17)18)21-28(25,26)12-5-3-11(4-6-12)20-10(2)22/h3-6,9,21H,7-8H2,1-2H3,(H,19,23)(H,20,22)/t9-/m0/s1. The number of esters is 1. The smallest absolute Gasteiger partial charge is 0.405 e. The fourth-order valence-electron chi connectivity index (χ4n) is 1.78. The van der Waals surface area contributed by atoms with Gasteiger partial charge in [0.2, 0.25) is 15.9 Å². The molecule has 0 saturated heterocycles. The molecule has 28 heavy (non-hydrogen) atoms. The normalized spacial score (nSPS) is 12.8. The van der Waals surface area contributed by atoms with Crippen molar-refractivity contribution in [1.82, 2.24) is 10.0 Å². The lowest BCUT2D eigenvalue weighted by molar-refractivity contribution is -0.152. The third kappa shape index (κ3) is 8.35. The van der Waals surface area contributed by atoms with Crippen LogP contribution in [0.3, 0.4) is 0 Å². The quantitative estimate of drug-likeness (QED) is 0.521. The van der Waals surface area contributed by atoms with E-state index in [2.05, 4.69) is 10.1 Å². The molecule has 0 radical (unpaired) electrons. The largest absolute Gasteiger partial charge is 0.454 e. The molecule has 1 aromatic rings. The minimum absolute atomic E-state index is 0.204. The summed E-state index contributed by atoms with van der Waals surface area (Å²) in [4.78, 5) is 33.6. The molecule has 0 fully saturated rings. The second-order valence-electron chi connectivity index (χ2n) is 5.55. The van der Waals surface area contributed by atoms with E-state index < -0.39 is 47.3 Å². The second-order valence-corrected chi connectivity index (χ2v) is 7.26. The average molecular weight is 425 g/mol. The maximum Gasteiger partial charge on any atom is 0.405 e. The van der Waals surface area contributed by atoms with Crippen LogP contribution < -0.4 is 15.4 Å². The van der Waals surface area contributed by atoms with Crippen molar-refractivity contribution in [1.29, 1.82) is 0 Å². The first kappa shape index (κ1) is 23.4. The highest BCUT2D eigenvalue weighted by Crippen LogP contribution is 2.14. The number of rotatable bonds is 8. The fourth-order valence-corrected chi connectivity index (χ4v) is 2.97. The van der Waals surface area contributed by atoms with E-state index in [4.69, 9.17) is 0 Å². The third-order valence-electron chi connectivity index (χ3n) is 3.00. The van der Waals surface area contributed by atoms with Gasteiger partial charge in [0, 0.05) is 12.6 Å². The summed E-state index contributed by atoms with van der Waals surface area (Å²) in [6, 6.07) is 3.65. The van der Waals surface area contributed by atoms with Crippen molar-refractivity contribution >= 4 is 33.5 Å². The van der Waals surface area contributed by atoms with Crippen LogP contribution in [-0.4, -0.2) is 51.6 Å². The summed E-state index contributed by atoms with van der Waals surface area (Å²) in [5.74, 6) is -2.68. The predicted molar refractivity (Wildman–Crippen MR) is 90.6 cm³/mol. The van der Waals surface area contributed by atoms with E-state index in [9.17, 15) is 36.0 Å². The molecular formula is C15H18F3N3O6S. The monoisotopic (exact) mass is 425 g/mol. The Hall–Kier alpha value is -2.67. The first-order chi connectivity index (χ1) is 12.8. The molecular weight excluding hydrogens is 407 g/mol. The molecule has 3 N–H and O–H groups in total. The SMILES string of the molecule is CC(=O)Nc1ccc(S(=O)(=O)N[C@@H](C)C(=O)OCC(=O)NCC(F)(F)F)cc1. The van der Waals surface area contributed by atoms with Crippen molar-refractivity contribution < 1.29 is 40.7 Å². The number of nitrogens with one attached hydrogen (secondary N) is 3. The van der Waals surface area contributed by atoms with Crippen molar-refractivity contribution in [2.24, 2.45) is 0 Å². The summed E-state index contributed by atoms with van der Waals surface area (Å²) >= 11 is 0. The van der Waals surface area contributed by atoms with Gasteiger partial charge in [-0.1, -0.05) is 0 Å². The van der Waals surface area contributed by atoms with E-state index in [1.807, 2.05) is 4.72 Å². The van der Waals surface area contributed by atoms with Gasteiger partial charge in [0.15, 0.2) is 6.61 Å². The van der Waals surface area contributed by atoms with E-state index in [0.717, 1.165) is 6.92 Å². The van der Waals surface area contributed by atoms with Crippen LogP contribution in [0.15, 0.2) is 29.2 Å². The Morgan fingerprint density at radius 1 is 1.14 bits per heavy atom. The van der Waals surface area contributed by atoms with Crippen molar-refractivity contribution in [2.75, 3.05) is 18.5 Å². The Bertz CT molecular complexity index is 824. The van der Waals surface area contributed by atoms with Gasteiger partial charge >= 0.3 is 12.1 Å². The molecule has 0 aliphatic carbocycles. The Balaban J connectivity index is 2.59. The van der Waals surface area contributed by atoms with E-state index >= 15 is 0 Å². The molecule has 1 aromatic carbocycles. The van der Waals surface area contributed by atoms with Crippen molar-refractivity contribution in [3.63, 3.8) is 0 Å². The number of amides is 2. The maximum atomic E-state index is 12.2. The summed E-state index contributed by atoms with van der Waals surface area (Å²) in [7, 11) is -4.13. The number of hydrogen-bond acceptors (Lipinski definition) is 6. The highest BCUT2D eigenvalue weighted by Gasteiger charge is 2.28. The van der Waals surface area contributed by atoms with Crippen LogP contribution in [0.4, 0.5) is 18.9 Å². The van der Waals surface area contributed by atoms with Crippen LogP contribution in [0.25, 0.3) is 0 Å². The van der Waals surface area contributed by atoms with Gasteiger partial charge in [-0.25, -0.2) is 8.42 Å². The number of anilines is 1. The molecule has 0 unspecified atom stereocenters. The Labute approximate surface area is 158 Å². The average Bonchev–Trinajstić information content (AvgIpc) is 2.56. The van der Waals surface area contributed by atoms with Crippen LogP contribution in [0.5, 0.6) is 0 Å². The molecule has 0 bridgehead atoms. The van der Waals surface area contributed by atoms with Crippen molar-refractivity contribution in [3.05, 3.63) is 24.3 Å². The van der Waals surface area contributed by atoms with Crippen LogP contribution in [-0.2, 0) is 29.1 Å². The molecule has 0 saturated carbocycles. The molecule has 2 amide bonds. The first-order valence-electron chi connectivity index (χ1n) is 7.70. The molecule has 13 heteroatoms. The fraction of sp³-hybridized carbons (Fsp3) is 0.400. The minimum atomic E-state index is -4.61. The molecule has 1 atom stereocenters. The lowest BCUT2D eigenvalue weighted by Gasteiger charge is -2.14. The molecule has 0 aromatic heterocycles. The topological polar surface area (TPSA) is 131 Å². The summed E-state index contributed by atoms with van der Waals surface area (Å²) in [6.45, 7) is -0.158. The van der Waals surface area contributed by atoms with Gasteiger partial charge in [-0.3, -0.25) is 14.4 Å². The number of carbonyl (C=O) groups excluding carboxylic acids is 3. The van der Waals surface area contributed by atoms with Crippen LogP contribution in [0.1, 0.15) is 13.8 Å². The summed E-state index contributed by atoms with van der Waals surface area (Å²) in [6.07, 6.45) is -4.61. The molecule has 0 spiro atoms. The van der Waals surface area contributed by atoms with Gasteiger partial charge in [-0.15, -0.1) is 0 Å². The predicted octanol–water partition coefficient (Wildman–Crippen LogP) is 0.533. The number of halogens is 3. The highest BCUT2D eigenvalue weighted by atomic mass is 32.2. The van der Waals surface area contributed by atoms with Crippen molar-refractivity contribution in [2.45, 2.75) is 31.0 Å². The third-order valence-corrected chi connectivity index (χ3v) is 4.56. The van der Waals surface area contributed by atoms with Crippen molar-refractivity contribution in [3.8, 4) is 0 Å². The van der Waals surface area contributed by atoms with E-state index in [0.29, 0.717) is 5.69 Å². The van der Waals surface area contributed by atoms with Gasteiger partial charge in [-0.2, -0.15) is 17.9 Å². The van der Waals surface area contributed by atoms with Gasteiger partial charge in [0.1, 0.15) is 12.6 Å². The van der Waals surface area contributed by atoms with E-state index in [-0.39, 0.29) is 10.8 Å². The highest BCUT2D eigenvalue weighted by molar-refractivity contribution is 7.89. The second kappa shape index (κ2) is 9.50. The first-order valence-corrected chi connectivity index (χ1v) is 9.18. The number of benzene rings is 1. The molecule has 0 heterocycles.